The second kappa shape index (κ2) is 68.9. The summed E-state index contributed by atoms with van der Waals surface area (Å²) >= 11 is 0. The van der Waals surface area contributed by atoms with Gasteiger partial charge < -0.3 is 14.2 Å². The Hall–Kier alpha value is -1.59. The van der Waals surface area contributed by atoms with Gasteiger partial charge in [-0.15, -0.1) is 0 Å². The van der Waals surface area contributed by atoms with Crippen molar-refractivity contribution in [2.45, 2.75) is 438 Å². The Bertz CT molecular complexity index is 1190. The van der Waals surface area contributed by atoms with Crippen LogP contribution in [0, 0.1) is 0 Å². The van der Waals surface area contributed by atoms with Gasteiger partial charge in [0.1, 0.15) is 13.2 Å². The van der Waals surface area contributed by atoms with Crippen LogP contribution >= 0.6 is 0 Å². The Kier molecular flexibility index (Phi) is 67.5. The molecule has 0 rings (SSSR count). The van der Waals surface area contributed by atoms with Gasteiger partial charge in [0.2, 0.25) is 0 Å². The van der Waals surface area contributed by atoms with E-state index in [9.17, 15) is 14.4 Å². The van der Waals surface area contributed by atoms with Gasteiger partial charge in [-0.2, -0.15) is 0 Å². The number of rotatable bonds is 69. The van der Waals surface area contributed by atoms with Crippen molar-refractivity contribution in [1.82, 2.24) is 0 Å². The minimum absolute atomic E-state index is 0.0600. The molecule has 0 bridgehead atoms. The molecule has 0 amide bonds. The summed E-state index contributed by atoms with van der Waals surface area (Å²) in [5.41, 5.74) is 0. The Balaban J connectivity index is 4.17. The van der Waals surface area contributed by atoms with Gasteiger partial charge in [-0.25, -0.2) is 0 Å². The molecule has 1 atom stereocenters. The fraction of sp³-hybridized carbons (Fsp3) is 0.959. The molecule has 6 nitrogen and oxygen atoms in total. The Morgan fingerprint density at radius 2 is 0.342 bits per heavy atom. The van der Waals surface area contributed by atoms with Crippen molar-refractivity contribution in [3.05, 3.63) is 0 Å². The van der Waals surface area contributed by atoms with Crippen LogP contribution in [-0.2, 0) is 28.6 Å². The maximum absolute atomic E-state index is 13.0. The predicted octanol–water partition coefficient (Wildman–Crippen LogP) is 25.0. The molecule has 0 saturated carbocycles. The lowest BCUT2D eigenvalue weighted by Gasteiger charge is -2.18. The van der Waals surface area contributed by atoms with Crippen LogP contribution in [0.4, 0.5) is 0 Å². The average Bonchev–Trinajstić information content (AvgIpc) is 3.45. The molecule has 0 heterocycles. The van der Waals surface area contributed by atoms with Crippen LogP contribution < -0.4 is 0 Å². The van der Waals surface area contributed by atoms with Crippen LogP contribution in [0.1, 0.15) is 432 Å². The van der Waals surface area contributed by atoms with E-state index in [-0.39, 0.29) is 31.1 Å². The van der Waals surface area contributed by atoms with Gasteiger partial charge in [0.15, 0.2) is 6.10 Å². The van der Waals surface area contributed by atoms with Gasteiger partial charge in [-0.3, -0.25) is 14.4 Å². The predicted molar refractivity (Wildman–Crippen MR) is 344 cm³/mol. The van der Waals surface area contributed by atoms with Crippen LogP contribution in [0.3, 0.4) is 0 Å². The Labute approximate surface area is 495 Å². The largest absolute Gasteiger partial charge is 0.462 e. The molecule has 0 aromatic rings. The summed E-state index contributed by atoms with van der Waals surface area (Å²) in [6.07, 6.45) is 81.4. The van der Waals surface area contributed by atoms with E-state index >= 15 is 0 Å². The van der Waals surface area contributed by atoms with Crippen molar-refractivity contribution in [2.75, 3.05) is 13.2 Å². The van der Waals surface area contributed by atoms with Gasteiger partial charge >= 0.3 is 17.9 Å². The van der Waals surface area contributed by atoms with Crippen LogP contribution in [0.5, 0.6) is 0 Å². The summed E-state index contributed by atoms with van der Waals surface area (Å²) in [7, 11) is 0. The molecule has 0 fully saturated rings. The highest BCUT2D eigenvalue weighted by Gasteiger charge is 2.20. The van der Waals surface area contributed by atoms with Crippen molar-refractivity contribution >= 4 is 17.9 Å². The summed E-state index contributed by atoms with van der Waals surface area (Å²) < 4.78 is 17.0. The molecular weight excluding hydrogens is 973 g/mol. The number of esters is 3. The summed E-state index contributed by atoms with van der Waals surface area (Å²) in [4.78, 5) is 38.4. The lowest BCUT2D eigenvalue weighted by Crippen LogP contribution is -2.30. The monoisotopic (exact) mass is 1120 g/mol. The van der Waals surface area contributed by atoms with Gasteiger partial charge in [-0.05, 0) is 19.3 Å². The molecule has 0 aliphatic rings. The second-order valence-electron chi connectivity index (χ2n) is 25.2. The van der Waals surface area contributed by atoms with E-state index in [1.54, 1.807) is 0 Å². The molecule has 0 aromatic carbocycles. The highest BCUT2D eigenvalue weighted by atomic mass is 16.6. The molecule has 0 aliphatic heterocycles. The average molecular weight is 1120 g/mol. The molecular formula is C73H142O6. The third kappa shape index (κ3) is 67.1. The summed E-state index contributed by atoms with van der Waals surface area (Å²) in [6, 6.07) is 0. The quantitative estimate of drug-likeness (QED) is 0.0343. The van der Waals surface area contributed by atoms with Crippen molar-refractivity contribution in [2.24, 2.45) is 0 Å². The third-order valence-electron chi connectivity index (χ3n) is 17.1. The van der Waals surface area contributed by atoms with Crippen molar-refractivity contribution in [3.8, 4) is 0 Å². The van der Waals surface area contributed by atoms with E-state index in [2.05, 4.69) is 20.8 Å². The van der Waals surface area contributed by atoms with E-state index in [1.807, 2.05) is 0 Å². The number of unbranched alkanes of at least 4 members (excludes halogenated alkanes) is 58. The minimum atomic E-state index is -0.763. The molecule has 0 radical (unpaired) electrons. The number of carbonyl (C=O) groups excluding carboxylic acids is 3. The first-order valence-electron chi connectivity index (χ1n) is 36.5. The SMILES string of the molecule is CCCCCCCCCCCCCCCCCCCCCCCCCCCCCC(=O)OCC(COC(=O)CCCCCCCCCCCCCCCC)OC(=O)CCCCCCCCCCCCCCCCCCCCCC. The zero-order valence-corrected chi connectivity index (χ0v) is 54.2. The topological polar surface area (TPSA) is 78.9 Å². The number of ether oxygens (including phenoxy) is 3. The highest BCUT2D eigenvalue weighted by molar-refractivity contribution is 5.71. The fourth-order valence-corrected chi connectivity index (χ4v) is 11.6. The minimum Gasteiger partial charge on any atom is -0.462 e. The second-order valence-corrected chi connectivity index (χ2v) is 25.2. The van der Waals surface area contributed by atoms with Gasteiger partial charge in [-0.1, -0.05) is 393 Å². The van der Waals surface area contributed by atoms with E-state index in [1.165, 1.54) is 334 Å². The van der Waals surface area contributed by atoms with Gasteiger partial charge in [0, 0.05) is 19.3 Å². The van der Waals surface area contributed by atoms with E-state index in [0.717, 1.165) is 57.8 Å². The molecule has 1 unspecified atom stereocenters. The maximum atomic E-state index is 13.0. The van der Waals surface area contributed by atoms with Gasteiger partial charge in [0.05, 0.1) is 0 Å². The zero-order chi connectivity index (χ0) is 57.1. The molecule has 0 saturated heterocycles. The smallest absolute Gasteiger partial charge is 0.306 e. The van der Waals surface area contributed by atoms with Crippen LogP contribution in [0.2, 0.25) is 0 Å². The van der Waals surface area contributed by atoms with Crippen molar-refractivity contribution in [3.63, 3.8) is 0 Å². The van der Waals surface area contributed by atoms with E-state index in [4.69, 9.17) is 14.2 Å². The molecule has 6 heteroatoms. The molecule has 0 aromatic heterocycles. The normalized spacial score (nSPS) is 11.9. The molecule has 79 heavy (non-hydrogen) atoms. The Morgan fingerprint density at radius 1 is 0.203 bits per heavy atom. The number of carbonyl (C=O) groups is 3. The lowest BCUT2D eigenvalue weighted by molar-refractivity contribution is -0.167. The molecule has 470 valence electrons. The standard InChI is InChI=1S/C73H142O6/c1-4-7-10-13-16-19-22-25-28-30-32-34-35-36-37-38-39-40-42-43-45-48-51-54-57-60-63-66-72(75)78-69-70(68-77-71(74)65-62-59-56-53-50-47-27-24-21-18-15-12-9-6-3)79-73(76)67-64-61-58-55-52-49-46-44-41-33-31-29-26-23-20-17-14-11-8-5-2/h70H,4-69H2,1-3H3. The van der Waals surface area contributed by atoms with Crippen LogP contribution in [0.15, 0.2) is 0 Å². The fourth-order valence-electron chi connectivity index (χ4n) is 11.6. The summed E-state index contributed by atoms with van der Waals surface area (Å²) in [5.74, 6) is -0.818. The van der Waals surface area contributed by atoms with E-state index in [0.29, 0.717) is 19.3 Å². The lowest BCUT2D eigenvalue weighted by atomic mass is 10.0. The molecule has 0 spiro atoms. The number of hydrogen-bond donors (Lipinski definition) is 0. The maximum Gasteiger partial charge on any atom is 0.306 e. The van der Waals surface area contributed by atoms with Crippen molar-refractivity contribution in [1.29, 1.82) is 0 Å². The first-order chi connectivity index (χ1) is 39.0. The zero-order valence-electron chi connectivity index (χ0n) is 54.2. The summed E-state index contributed by atoms with van der Waals surface area (Å²) in [6.45, 7) is 6.75. The third-order valence-corrected chi connectivity index (χ3v) is 17.1. The Morgan fingerprint density at radius 3 is 0.506 bits per heavy atom. The van der Waals surface area contributed by atoms with Crippen molar-refractivity contribution < 1.29 is 28.6 Å². The number of hydrogen-bond acceptors (Lipinski definition) is 6. The first-order valence-corrected chi connectivity index (χ1v) is 36.5. The first kappa shape index (κ1) is 77.4. The molecule has 0 N–H and O–H groups in total. The highest BCUT2D eigenvalue weighted by Crippen LogP contribution is 2.20. The molecule has 0 aliphatic carbocycles. The summed E-state index contributed by atoms with van der Waals surface area (Å²) in [5, 5.41) is 0. The van der Waals surface area contributed by atoms with Gasteiger partial charge in [0.25, 0.3) is 0 Å². The van der Waals surface area contributed by atoms with Crippen LogP contribution in [-0.4, -0.2) is 37.2 Å². The van der Waals surface area contributed by atoms with Crippen LogP contribution in [0.25, 0.3) is 0 Å². The van der Waals surface area contributed by atoms with E-state index < -0.39 is 6.10 Å².